The zero-order chi connectivity index (χ0) is 24.0. The first-order valence-electron chi connectivity index (χ1n) is 10.6. The van der Waals surface area contributed by atoms with Gasteiger partial charge in [-0.1, -0.05) is 29.9 Å². The van der Waals surface area contributed by atoms with Gasteiger partial charge in [-0.05, 0) is 44.5 Å². The lowest BCUT2D eigenvalue weighted by Gasteiger charge is -2.25. The lowest BCUT2D eigenvalue weighted by atomic mass is 10.1. The second kappa shape index (κ2) is 11.0. The molecular formula is C24H29ClN4O3S. The Morgan fingerprint density at radius 3 is 2.88 bits per heavy atom. The first-order valence-corrected chi connectivity index (χ1v) is 11.4. The molecular weight excluding hydrogens is 460 g/mol. The number of amides is 1. The summed E-state index contributed by atoms with van der Waals surface area (Å²) in [5.74, 6) is 0.446. The van der Waals surface area contributed by atoms with E-state index in [-0.39, 0.29) is 5.91 Å². The number of carbonyl (C=O) groups excluding carboxylic acids is 1. The van der Waals surface area contributed by atoms with Gasteiger partial charge >= 0.3 is 0 Å². The van der Waals surface area contributed by atoms with Gasteiger partial charge in [-0.2, -0.15) is 0 Å². The van der Waals surface area contributed by atoms with Crippen LogP contribution in [0.2, 0.25) is 5.02 Å². The minimum Gasteiger partial charge on any atom is -0.489 e. The first-order chi connectivity index (χ1) is 15.7. The van der Waals surface area contributed by atoms with E-state index in [9.17, 15) is 4.79 Å². The maximum absolute atomic E-state index is 12.7. The summed E-state index contributed by atoms with van der Waals surface area (Å²) in [6, 6.07) is 7.42. The number of ether oxygens (including phenoxy) is 2. The molecule has 0 aliphatic carbocycles. The van der Waals surface area contributed by atoms with Crippen LogP contribution in [0.1, 0.15) is 31.4 Å². The number of hydrogen-bond donors (Lipinski definition) is 3. The third kappa shape index (κ3) is 6.43. The largest absolute Gasteiger partial charge is 0.489 e. The van der Waals surface area contributed by atoms with Gasteiger partial charge in [0, 0.05) is 54.8 Å². The molecule has 0 saturated heterocycles. The normalized spacial score (nSPS) is 14.0. The summed E-state index contributed by atoms with van der Waals surface area (Å²) in [7, 11) is 1.65. The molecule has 1 amide bonds. The minimum absolute atomic E-state index is 0.214. The number of nitrogens with zero attached hydrogens (tertiary/aromatic N) is 1. The highest BCUT2D eigenvalue weighted by molar-refractivity contribution is 7.81. The van der Waals surface area contributed by atoms with Crippen LogP contribution >= 0.6 is 23.8 Å². The van der Waals surface area contributed by atoms with E-state index in [1.165, 1.54) is 0 Å². The van der Waals surface area contributed by atoms with E-state index >= 15 is 0 Å². The Morgan fingerprint density at radius 1 is 1.33 bits per heavy atom. The highest BCUT2D eigenvalue weighted by atomic mass is 35.5. The molecule has 0 radical (unpaired) electrons. The fourth-order valence-electron chi connectivity index (χ4n) is 3.19. The molecule has 0 spiro atoms. The number of carbonyl (C=O) groups is 1. The number of rotatable bonds is 9. The molecule has 3 N–H and O–H groups in total. The van der Waals surface area contributed by atoms with Crippen molar-refractivity contribution >= 4 is 40.4 Å². The zero-order valence-electron chi connectivity index (χ0n) is 19.3. The maximum Gasteiger partial charge on any atom is 0.256 e. The second-order valence-corrected chi connectivity index (χ2v) is 9.13. The van der Waals surface area contributed by atoms with Crippen molar-refractivity contribution < 1.29 is 14.3 Å². The van der Waals surface area contributed by atoms with Crippen molar-refractivity contribution in [3.8, 4) is 5.75 Å². The third-order valence-corrected chi connectivity index (χ3v) is 6.14. The fourth-order valence-corrected chi connectivity index (χ4v) is 3.69. The summed E-state index contributed by atoms with van der Waals surface area (Å²) in [4.78, 5) is 17.2. The van der Waals surface area contributed by atoms with E-state index in [0.717, 1.165) is 22.5 Å². The average molecular weight is 489 g/mol. The van der Waals surface area contributed by atoms with Crippen LogP contribution in [-0.2, 0) is 16.1 Å². The first kappa shape index (κ1) is 25.0. The van der Waals surface area contributed by atoms with Crippen molar-refractivity contribution in [3.05, 3.63) is 64.1 Å². The van der Waals surface area contributed by atoms with Crippen LogP contribution < -0.4 is 20.7 Å². The minimum atomic E-state index is -0.423. The van der Waals surface area contributed by atoms with Gasteiger partial charge in [0.2, 0.25) is 0 Å². The summed E-state index contributed by atoms with van der Waals surface area (Å²) in [6.07, 6.45) is 4.03. The van der Waals surface area contributed by atoms with Gasteiger partial charge in [-0.25, -0.2) is 0 Å². The van der Waals surface area contributed by atoms with Crippen LogP contribution in [-0.4, -0.2) is 41.7 Å². The smallest absolute Gasteiger partial charge is 0.256 e. The van der Waals surface area contributed by atoms with Gasteiger partial charge < -0.3 is 25.4 Å². The molecule has 7 nitrogen and oxygen atoms in total. The number of halogens is 1. The van der Waals surface area contributed by atoms with E-state index in [1.807, 2.05) is 45.0 Å². The number of methoxy groups -OCH3 is 1. The van der Waals surface area contributed by atoms with Crippen LogP contribution in [0.25, 0.3) is 0 Å². The molecule has 2 heterocycles. The van der Waals surface area contributed by atoms with E-state index < -0.39 is 5.60 Å². The molecule has 0 unspecified atom stereocenters. The molecule has 1 aliphatic rings. The van der Waals surface area contributed by atoms with Gasteiger partial charge in [0.15, 0.2) is 0 Å². The Bertz CT molecular complexity index is 1070. The highest BCUT2D eigenvalue weighted by Crippen LogP contribution is 2.25. The topological polar surface area (TPSA) is 84.5 Å². The van der Waals surface area contributed by atoms with Crippen molar-refractivity contribution in [1.29, 1.82) is 0 Å². The molecule has 1 aromatic heterocycles. The summed E-state index contributed by atoms with van der Waals surface area (Å²) in [5.41, 5.74) is 3.32. The van der Waals surface area contributed by atoms with Crippen molar-refractivity contribution in [1.82, 2.24) is 15.6 Å². The Balaban J connectivity index is 1.78. The standard InChI is InChI=1S/C24H29ClN4O3S/c1-15-17(25)6-5-7-18(15)29-23(33)21-19(9-11-27-22(21)30)28-12-16-8-10-26-13-20(16)32-14-24(2,3)31-4/h5-8,10,13,28H,9,11-12,14H2,1-4H3,(H,27,30)(H,29,33). The number of hydrogen-bond acceptors (Lipinski definition) is 6. The number of anilines is 1. The number of pyridine rings is 1. The van der Waals surface area contributed by atoms with Crippen LogP contribution in [0.5, 0.6) is 5.75 Å². The second-order valence-electron chi connectivity index (χ2n) is 8.32. The van der Waals surface area contributed by atoms with Crippen LogP contribution in [0, 0.1) is 6.92 Å². The quantitative estimate of drug-likeness (QED) is 0.457. The lowest BCUT2D eigenvalue weighted by molar-refractivity contribution is -0.117. The predicted molar refractivity (Wildman–Crippen MR) is 135 cm³/mol. The number of benzene rings is 1. The number of thiocarbonyl (C=S) groups is 1. The lowest BCUT2D eigenvalue weighted by Crippen LogP contribution is -2.39. The van der Waals surface area contributed by atoms with Crippen molar-refractivity contribution in [3.63, 3.8) is 0 Å². The Morgan fingerprint density at radius 2 is 2.12 bits per heavy atom. The van der Waals surface area contributed by atoms with Gasteiger partial charge in [-0.15, -0.1) is 0 Å². The summed E-state index contributed by atoms with van der Waals surface area (Å²) in [6.45, 7) is 7.17. The number of nitrogens with one attached hydrogen (secondary N) is 3. The van der Waals surface area contributed by atoms with Gasteiger partial charge in [0.1, 0.15) is 17.3 Å². The molecule has 1 aliphatic heterocycles. The molecule has 176 valence electrons. The number of aromatic nitrogens is 1. The molecule has 9 heteroatoms. The molecule has 3 rings (SSSR count). The molecule has 1 aromatic carbocycles. The molecule has 0 saturated carbocycles. The molecule has 0 bridgehead atoms. The van der Waals surface area contributed by atoms with E-state index in [0.29, 0.717) is 47.5 Å². The van der Waals surface area contributed by atoms with Crippen molar-refractivity contribution in [2.75, 3.05) is 25.6 Å². The van der Waals surface area contributed by atoms with Crippen molar-refractivity contribution in [2.24, 2.45) is 0 Å². The monoisotopic (exact) mass is 488 g/mol. The van der Waals surface area contributed by atoms with E-state index in [4.69, 9.17) is 33.3 Å². The fraction of sp³-hybridized carbons (Fsp3) is 0.375. The Labute approximate surface area is 204 Å². The molecule has 2 aromatic rings. The van der Waals surface area contributed by atoms with Crippen LogP contribution in [0.3, 0.4) is 0 Å². The van der Waals surface area contributed by atoms with Crippen molar-refractivity contribution in [2.45, 2.75) is 39.3 Å². The van der Waals surface area contributed by atoms with Gasteiger partial charge in [0.25, 0.3) is 5.91 Å². The summed E-state index contributed by atoms with van der Waals surface area (Å²) < 4.78 is 11.4. The van der Waals surface area contributed by atoms with Crippen LogP contribution in [0.4, 0.5) is 5.69 Å². The predicted octanol–water partition coefficient (Wildman–Crippen LogP) is 4.15. The molecule has 0 fully saturated rings. The van der Waals surface area contributed by atoms with E-state index in [2.05, 4.69) is 20.9 Å². The SMILES string of the molecule is COC(C)(C)COc1cnccc1CNC1=C(C(=S)Nc2cccc(Cl)c2C)C(=O)NCC1. The molecule has 0 atom stereocenters. The third-order valence-electron chi connectivity index (χ3n) is 5.42. The Hall–Kier alpha value is -2.68. The molecule has 33 heavy (non-hydrogen) atoms. The summed E-state index contributed by atoms with van der Waals surface area (Å²) >= 11 is 11.8. The maximum atomic E-state index is 12.7. The zero-order valence-corrected chi connectivity index (χ0v) is 20.8. The van der Waals surface area contributed by atoms with Crippen LogP contribution in [0.15, 0.2) is 47.9 Å². The Kier molecular flexibility index (Phi) is 8.29. The summed E-state index contributed by atoms with van der Waals surface area (Å²) in [5, 5.41) is 10.1. The van der Waals surface area contributed by atoms with Gasteiger partial charge in [0.05, 0.1) is 17.4 Å². The average Bonchev–Trinajstić information content (AvgIpc) is 2.80. The van der Waals surface area contributed by atoms with E-state index in [1.54, 1.807) is 19.5 Å². The van der Waals surface area contributed by atoms with Gasteiger partial charge in [-0.3, -0.25) is 9.78 Å². The highest BCUT2D eigenvalue weighted by Gasteiger charge is 2.25.